The molecule has 2 atom stereocenters. The first-order valence-electron chi connectivity index (χ1n) is 8.82. The van der Waals surface area contributed by atoms with Gasteiger partial charge in [0.25, 0.3) is 5.91 Å². The number of hydrogen-bond acceptors (Lipinski definition) is 2. The summed E-state index contributed by atoms with van der Waals surface area (Å²) in [6, 6.07) is 14.5. The Balaban J connectivity index is 1.76. The van der Waals surface area contributed by atoms with Crippen LogP contribution in [-0.2, 0) is 16.9 Å². The van der Waals surface area contributed by atoms with E-state index in [0.29, 0.717) is 23.0 Å². The first kappa shape index (κ1) is 19.7. The Morgan fingerprint density at radius 3 is 2.41 bits per heavy atom. The zero-order valence-corrected chi connectivity index (χ0v) is 16.8. The van der Waals surface area contributed by atoms with Crippen molar-refractivity contribution in [2.45, 2.75) is 25.4 Å². The van der Waals surface area contributed by atoms with Gasteiger partial charge in [0.1, 0.15) is 12.1 Å². The van der Waals surface area contributed by atoms with E-state index in [2.05, 4.69) is 5.32 Å². The molecule has 27 heavy (non-hydrogen) atoms. The molecule has 2 aromatic carbocycles. The zero-order chi connectivity index (χ0) is 19.6. The normalized spacial score (nSPS) is 20.7. The van der Waals surface area contributed by atoms with E-state index in [1.54, 1.807) is 12.1 Å². The molecule has 1 aliphatic heterocycles. The number of carbonyl (C=O) groups excluding carboxylic acids is 2. The van der Waals surface area contributed by atoms with E-state index in [-0.39, 0.29) is 18.6 Å². The maximum Gasteiger partial charge on any atom is 0.329 e. The molecule has 142 valence electrons. The fourth-order valence-corrected chi connectivity index (χ4v) is 3.78. The topological polar surface area (TPSA) is 53.9 Å². The molecule has 2 N–H and O–H groups in total. The van der Waals surface area contributed by atoms with Crippen molar-refractivity contribution in [1.29, 1.82) is 0 Å². The highest BCUT2D eigenvalue weighted by Crippen LogP contribution is 2.31. The third kappa shape index (κ3) is 3.81. The predicted molar refractivity (Wildman–Crippen MR) is 106 cm³/mol. The molecule has 0 aromatic heterocycles. The summed E-state index contributed by atoms with van der Waals surface area (Å²) < 4.78 is 0. The Hall–Kier alpha value is -2.08. The molecule has 3 amide bonds. The molecule has 1 unspecified atom stereocenters. The molecular formula is C20H22Cl2N3O2+. The summed E-state index contributed by atoms with van der Waals surface area (Å²) in [4.78, 5) is 28.0. The maximum atomic E-state index is 13.1. The second-order valence-electron chi connectivity index (χ2n) is 6.83. The smallest absolute Gasteiger partial charge is 0.319 e. The van der Waals surface area contributed by atoms with Crippen LogP contribution >= 0.6 is 23.2 Å². The molecule has 0 bridgehead atoms. The molecule has 5 nitrogen and oxygen atoms in total. The lowest BCUT2D eigenvalue weighted by Gasteiger charge is -2.26. The van der Waals surface area contributed by atoms with Gasteiger partial charge in [-0.25, -0.2) is 9.69 Å². The zero-order valence-electron chi connectivity index (χ0n) is 15.3. The number of amides is 3. The van der Waals surface area contributed by atoms with Crippen molar-refractivity contribution in [2.75, 3.05) is 13.7 Å². The number of hydrogen-bond donors (Lipinski definition) is 2. The summed E-state index contributed by atoms with van der Waals surface area (Å²) >= 11 is 12.0. The van der Waals surface area contributed by atoms with Gasteiger partial charge >= 0.3 is 6.03 Å². The fraction of sp³-hybridized carbons (Fsp3) is 0.300. The van der Waals surface area contributed by atoms with Crippen molar-refractivity contribution in [3.05, 3.63) is 69.7 Å². The van der Waals surface area contributed by atoms with E-state index >= 15 is 0 Å². The summed E-state index contributed by atoms with van der Waals surface area (Å²) in [5.74, 6) is -0.213. The van der Waals surface area contributed by atoms with Gasteiger partial charge in [-0.1, -0.05) is 66.5 Å². The van der Waals surface area contributed by atoms with E-state index < -0.39 is 5.54 Å². The number of halogens is 2. The third-order valence-electron chi connectivity index (χ3n) is 4.89. The van der Waals surface area contributed by atoms with Crippen molar-refractivity contribution < 1.29 is 14.5 Å². The number of imide groups is 1. The Bertz CT molecular complexity index is 860. The SMILES string of the molecule is CC[C@@]1(c2ccccc2)NC(=O)N(C[NH+](C)Cc2ccc(Cl)c(Cl)c2)C1=O. The van der Waals surface area contributed by atoms with Crippen molar-refractivity contribution in [3.8, 4) is 0 Å². The maximum absolute atomic E-state index is 13.1. The first-order valence-corrected chi connectivity index (χ1v) is 9.58. The highest BCUT2D eigenvalue weighted by atomic mass is 35.5. The van der Waals surface area contributed by atoms with Crippen LogP contribution in [0, 0.1) is 0 Å². The van der Waals surface area contributed by atoms with Crippen LogP contribution in [-0.4, -0.2) is 30.6 Å². The lowest BCUT2D eigenvalue weighted by molar-refractivity contribution is -0.901. The summed E-state index contributed by atoms with van der Waals surface area (Å²) in [6.07, 6.45) is 0.490. The van der Waals surface area contributed by atoms with E-state index in [0.717, 1.165) is 16.0 Å². The fourth-order valence-electron chi connectivity index (χ4n) is 3.46. The van der Waals surface area contributed by atoms with Gasteiger partial charge in [-0.15, -0.1) is 0 Å². The Kier molecular flexibility index (Phi) is 5.75. The minimum Gasteiger partial charge on any atom is -0.319 e. The Morgan fingerprint density at radius 2 is 1.78 bits per heavy atom. The molecule has 1 aliphatic rings. The van der Waals surface area contributed by atoms with Gasteiger partial charge in [-0.2, -0.15) is 0 Å². The van der Waals surface area contributed by atoms with Crippen molar-refractivity contribution in [2.24, 2.45) is 0 Å². The minimum absolute atomic E-state index is 0.213. The van der Waals surface area contributed by atoms with E-state index in [4.69, 9.17) is 23.2 Å². The van der Waals surface area contributed by atoms with Crippen LogP contribution < -0.4 is 10.2 Å². The molecule has 1 saturated heterocycles. The number of carbonyl (C=O) groups is 2. The van der Waals surface area contributed by atoms with Crippen LogP contribution in [0.3, 0.4) is 0 Å². The van der Waals surface area contributed by atoms with Crippen molar-refractivity contribution in [3.63, 3.8) is 0 Å². The number of nitrogens with zero attached hydrogens (tertiary/aromatic N) is 1. The highest BCUT2D eigenvalue weighted by Gasteiger charge is 2.52. The van der Waals surface area contributed by atoms with Crippen LogP contribution in [0.15, 0.2) is 48.5 Å². The monoisotopic (exact) mass is 406 g/mol. The number of rotatable bonds is 6. The number of quaternary nitrogens is 1. The standard InChI is InChI=1S/C20H21Cl2N3O2/c1-3-20(15-7-5-4-6-8-15)18(26)25(19(27)23-20)13-24(2)12-14-9-10-16(21)17(22)11-14/h4-11H,3,12-13H2,1-2H3,(H,23,27)/p+1/t20-/m0/s1. The summed E-state index contributed by atoms with van der Waals surface area (Å²) in [5, 5.41) is 3.90. The number of benzene rings is 2. The van der Waals surface area contributed by atoms with E-state index in [1.165, 1.54) is 4.90 Å². The predicted octanol–water partition coefficient (Wildman–Crippen LogP) is 2.82. The molecule has 1 fully saturated rings. The van der Waals surface area contributed by atoms with E-state index in [9.17, 15) is 9.59 Å². The molecule has 3 rings (SSSR count). The van der Waals surface area contributed by atoms with Gasteiger partial charge in [0.15, 0.2) is 6.67 Å². The van der Waals surface area contributed by atoms with Gasteiger partial charge < -0.3 is 10.2 Å². The largest absolute Gasteiger partial charge is 0.329 e. The second kappa shape index (κ2) is 7.89. The van der Waals surface area contributed by atoms with Crippen LogP contribution in [0.4, 0.5) is 4.79 Å². The Labute approximate surface area is 168 Å². The molecule has 0 saturated carbocycles. The summed E-state index contributed by atoms with van der Waals surface area (Å²) in [7, 11) is 1.93. The molecule has 7 heteroatoms. The molecule has 0 radical (unpaired) electrons. The summed E-state index contributed by atoms with van der Waals surface area (Å²) in [5.41, 5.74) is 0.789. The van der Waals surface area contributed by atoms with E-state index in [1.807, 2.05) is 50.4 Å². The van der Waals surface area contributed by atoms with Crippen LogP contribution in [0.1, 0.15) is 24.5 Å². The first-order chi connectivity index (χ1) is 12.9. The van der Waals surface area contributed by atoms with Gasteiger partial charge in [0.05, 0.1) is 17.1 Å². The van der Waals surface area contributed by atoms with Gasteiger partial charge in [0.2, 0.25) is 0 Å². The molecule has 1 heterocycles. The van der Waals surface area contributed by atoms with Crippen LogP contribution in [0.25, 0.3) is 0 Å². The lowest BCUT2D eigenvalue weighted by atomic mass is 9.87. The second-order valence-corrected chi connectivity index (χ2v) is 7.64. The third-order valence-corrected chi connectivity index (χ3v) is 5.63. The van der Waals surface area contributed by atoms with Crippen LogP contribution in [0.2, 0.25) is 10.0 Å². The van der Waals surface area contributed by atoms with Gasteiger partial charge in [-0.3, -0.25) is 4.79 Å². The van der Waals surface area contributed by atoms with Gasteiger partial charge in [-0.05, 0) is 24.1 Å². The average molecular weight is 407 g/mol. The van der Waals surface area contributed by atoms with Crippen molar-refractivity contribution >= 4 is 35.1 Å². The molecule has 0 aliphatic carbocycles. The average Bonchev–Trinajstić information content (AvgIpc) is 2.90. The highest BCUT2D eigenvalue weighted by molar-refractivity contribution is 6.42. The quantitative estimate of drug-likeness (QED) is 0.724. The van der Waals surface area contributed by atoms with Crippen molar-refractivity contribution in [1.82, 2.24) is 10.2 Å². The minimum atomic E-state index is -0.998. The van der Waals surface area contributed by atoms with Gasteiger partial charge in [0, 0.05) is 5.56 Å². The van der Waals surface area contributed by atoms with Crippen LogP contribution in [0.5, 0.6) is 0 Å². The number of urea groups is 1. The molecule has 0 spiro atoms. The molecule has 2 aromatic rings. The number of nitrogens with one attached hydrogen (secondary N) is 2. The Morgan fingerprint density at radius 1 is 1.07 bits per heavy atom. The summed E-state index contributed by atoms with van der Waals surface area (Å²) in [6.45, 7) is 2.78. The lowest BCUT2D eigenvalue weighted by Crippen LogP contribution is -3.09. The molecular weight excluding hydrogens is 385 g/mol.